The van der Waals surface area contributed by atoms with Crippen molar-refractivity contribution in [1.29, 1.82) is 0 Å². The average Bonchev–Trinajstić information content (AvgIpc) is 3.99. The summed E-state index contributed by atoms with van der Waals surface area (Å²) < 4.78 is 84.7. The van der Waals surface area contributed by atoms with Crippen molar-refractivity contribution in [3.05, 3.63) is 84.7 Å². The van der Waals surface area contributed by atoms with Crippen LogP contribution in [0.15, 0.2) is 67.6 Å². The molecule has 0 radical (unpaired) electrons. The van der Waals surface area contributed by atoms with Gasteiger partial charge in [0, 0.05) is 17.1 Å². The van der Waals surface area contributed by atoms with Gasteiger partial charge < -0.3 is 16.0 Å². The molecule has 24 nitrogen and oxygen atoms in total. The molecule has 64 heavy (non-hydrogen) atoms. The summed E-state index contributed by atoms with van der Waals surface area (Å²) in [5, 5.41) is 35.3. The van der Waals surface area contributed by atoms with E-state index in [0.29, 0.717) is 34.0 Å². The molecule has 9 N–H and O–H groups in total. The third kappa shape index (κ3) is 13.4. The highest BCUT2D eigenvalue weighted by atomic mass is 35.5. The third-order valence-corrected chi connectivity index (χ3v) is 21.9. The molecule has 0 saturated heterocycles. The second-order valence-corrected chi connectivity index (χ2v) is 25.6. The van der Waals surface area contributed by atoms with Gasteiger partial charge >= 0.3 is 32.9 Å². The first-order valence-corrected chi connectivity index (χ1v) is 27.1. The van der Waals surface area contributed by atoms with E-state index in [1.54, 1.807) is 0 Å². The highest BCUT2D eigenvalue weighted by Crippen LogP contribution is 2.29. The Balaban J connectivity index is 1.19. The second kappa shape index (κ2) is 20.8. The minimum atomic E-state index is -4.98. The van der Waals surface area contributed by atoms with Crippen LogP contribution < -0.4 is 43.0 Å². The van der Waals surface area contributed by atoms with Gasteiger partial charge in [0.15, 0.2) is 0 Å². The summed E-state index contributed by atoms with van der Waals surface area (Å²) in [5.74, 6) is 0. The smallest absolute Gasteiger partial charge is 0.308 e. The maximum atomic E-state index is 13.6. The number of nitrogens with one attached hydrogen (secondary N) is 9. The van der Waals surface area contributed by atoms with Crippen molar-refractivity contribution < 1.29 is 39.6 Å². The van der Waals surface area contributed by atoms with Gasteiger partial charge in [-0.25, -0.2) is 39.6 Å². The predicted molar refractivity (Wildman–Crippen MR) is 244 cm³/mol. The summed E-state index contributed by atoms with van der Waals surface area (Å²) in [5.41, 5.74) is 0.609. The van der Waals surface area contributed by atoms with Gasteiger partial charge in [-0.15, -0.1) is 30.6 Å². The minimum absolute atomic E-state index is 0.124. The molecule has 0 aliphatic heterocycles. The van der Waals surface area contributed by atoms with E-state index in [-0.39, 0.29) is 62.6 Å². The van der Waals surface area contributed by atoms with E-state index < -0.39 is 76.0 Å². The van der Waals surface area contributed by atoms with E-state index in [9.17, 15) is 39.6 Å². The highest BCUT2D eigenvalue weighted by Gasteiger charge is 2.41. The zero-order chi connectivity index (χ0) is 46.6. The molecule has 3 aromatic carbocycles. The number of aromatic nitrogens is 6. The lowest BCUT2D eigenvalue weighted by Crippen LogP contribution is -2.62. The summed E-state index contributed by atoms with van der Waals surface area (Å²) in [6.07, 6.45) is 0. The van der Waals surface area contributed by atoms with E-state index in [4.69, 9.17) is 69.6 Å². The number of hydrogen-bond acceptors (Lipinski definition) is 18. The third-order valence-electron chi connectivity index (χ3n) is 6.92. The lowest BCUT2D eigenvalue weighted by atomic mass is 10.3. The first kappa shape index (κ1) is 49.6. The number of rotatable bonds is 15. The summed E-state index contributed by atoms with van der Waals surface area (Å²) >= 11 is 32.0. The van der Waals surface area contributed by atoms with Crippen LogP contribution in [-0.2, 0) is 30.1 Å². The molecule has 0 fully saturated rings. The summed E-state index contributed by atoms with van der Waals surface area (Å²) in [7, 11) is -14.9. The number of halogens is 6. The van der Waals surface area contributed by atoms with Crippen LogP contribution in [0.3, 0.4) is 0 Å². The number of urea groups is 3. The number of carbonyl (C=O) groups is 3. The fourth-order valence-corrected chi connectivity index (χ4v) is 17.2. The Bertz CT molecular complexity index is 2800. The highest BCUT2D eigenvalue weighted by molar-refractivity contribution is 7.96. The Hall–Kier alpha value is -3.85. The summed E-state index contributed by atoms with van der Waals surface area (Å²) in [6.45, 7) is 0. The Morgan fingerprint density at radius 3 is 0.922 bits per heavy atom. The van der Waals surface area contributed by atoms with Crippen molar-refractivity contribution in [2.45, 2.75) is 13.0 Å². The van der Waals surface area contributed by atoms with Gasteiger partial charge in [-0.3, -0.25) is 27.1 Å². The van der Waals surface area contributed by atoms with Gasteiger partial charge in [0.2, 0.25) is 28.4 Å². The number of benzene rings is 3. The topological polar surface area (TPSA) is 339 Å². The van der Waals surface area contributed by atoms with E-state index in [1.165, 1.54) is 54.6 Å². The summed E-state index contributed by atoms with van der Waals surface area (Å²) in [4.78, 5) is 37.7. The maximum absolute atomic E-state index is 13.6. The minimum Gasteiger partial charge on any atom is -0.308 e. The number of anilines is 6. The van der Waals surface area contributed by atoms with Crippen LogP contribution in [0, 0.1) is 0 Å². The van der Waals surface area contributed by atoms with Crippen LogP contribution in [-0.4, -0.2) is 88.7 Å². The van der Waals surface area contributed by atoms with Crippen molar-refractivity contribution in [2.24, 2.45) is 0 Å². The van der Waals surface area contributed by atoms with Crippen LogP contribution >= 0.6 is 104 Å². The Labute approximate surface area is 406 Å². The van der Waals surface area contributed by atoms with E-state index in [2.05, 4.69) is 62.5 Å². The lowest BCUT2D eigenvalue weighted by molar-refractivity contribution is 0.261. The van der Waals surface area contributed by atoms with Crippen LogP contribution in [0.25, 0.3) is 0 Å². The van der Waals surface area contributed by atoms with Gasteiger partial charge in [-0.2, -0.15) is 0 Å². The Kier molecular flexibility index (Phi) is 16.1. The van der Waals surface area contributed by atoms with Crippen molar-refractivity contribution >= 4 is 199 Å². The largest absolute Gasteiger partial charge is 0.644 e. The molecule has 0 saturated carbocycles. The van der Waals surface area contributed by atoms with Crippen LogP contribution in [0.2, 0.25) is 30.1 Å². The molecule has 6 rings (SSSR count). The summed E-state index contributed by atoms with van der Waals surface area (Å²) in [6, 6.07) is 9.77. The molecule has 0 spiro atoms. The quantitative estimate of drug-likeness (QED) is 0.0402. The number of nitrogens with zero attached hydrogens (tertiary/aromatic N) is 6. The standard InChI is InChI=1S/3C9H7Cl2N5O3S2.Al/c3*10-5-2-1-4(3-6(5)11)13-7(17)14-8-15-16-9(20-8)21(12,18)19;/h3*1-3H,(H4,12,13,14,15,17,18,19);/q;;;+3/p-3. The monoisotopic (exact) mass is 1120 g/mol. The average molecular weight is 1130 g/mol. The number of sulfonamides is 3. The van der Waals surface area contributed by atoms with Crippen molar-refractivity contribution in [3.8, 4) is 0 Å². The molecular weight excluding hydrogens is 1110 g/mol. The number of hydrogen-bond donors (Lipinski definition) is 9. The van der Waals surface area contributed by atoms with E-state index in [1.807, 2.05) is 11.1 Å². The fraction of sp³-hybridized carbons (Fsp3) is 0. The molecular formula is C27H18AlCl6N15O9S6. The first-order valence-electron chi connectivity index (χ1n) is 16.2. The van der Waals surface area contributed by atoms with Crippen LogP contribution in [0.4, 0.5) is 46.8 Å². The van der Waals surface area contributed by atoms with Gasteiger partial charge in [0.25, 0.3) is 30.1 Å². The fourth-order valence-electron chi connectivity index (χ4n) is 4.30. The Morgan fingerprint density at radius 2 is 0.672 bits per heavy atom. The zero-order valence-electron chi connectivity index (χ0n) is 30.3. The molecule has 6 amide bonds. The second-order valence-electron chi connectivity index (χ2n) is 11.5. The number of carbonyl (C=O) groups excluding carboxylic acids is 3. The maximum Gasteiger partial charge on any atom is 0.644 e. The molecule has 6 aromatic rings. The molecule has 0 bridgehead atoms. The first-order chi connectivity index (χ1) is 30.0. The molecule has 336 valence electrons. The lowest BCUT2D eigenvalue weighted by Gasteiger charge is -2.13. The van der Waals surface area contributed by atoms with Crippen molar-refractivity contribution in [2.75, 3.05) is 31.9 Å². The van der Waals surface area contributed by atoms with E-state index in [0.717, 1.165) is 0 Å². The van der Waals surface area contributed by atoms with Gasteiger partial charge in [0.1, 0.15) is 0 Å². The van der Waals surface area contributed by atoms with Gasteiger partial charge in [-0.1, -0.05) is 104 Å². The van der Waals surface area contributed by atoms with Crippen LogP contribution in [0.1, 0.15) is 0 Å². The van der Waals surface area contributed by atoms with Crippen molar-refractivity contribution in [3.63, 3.8) is 0 Å². The molecule has 3 heterocycles. The SMILES string of the molecule is O=C(Nc1ccc(Cl)c(Cl)c1)Nc1nnc(S(=O)(=O)[NH][Al]([NH]S(=O)(=O)c2nnc(NC(=O)Nc3ccc(Cl)c(Cl)c3)s2)[NH]S(=O)(=O)c2nnc(NC(=O)Nc3ccc(Cl)c(Cl)c3)s2)s1. The van der Waals surface area contributed by atoms with Crippen molar-refractivity contribution in [1.82, 2.24) is 41.7 Å². The molecule has 0 aliphatic carbocycles. The van der Waals surface area contributed by atoms with E-state index >= 15 is 0 Å². The molecule has 0 atom stereocenters. The zero-order valence-corrected chi connectivity index (χ0v) is 40.9. The number of amides is 6. The molecule has 0 aliphatic rings. The molecule has 37 heteroatoms. The van der Waals surface area contributed by atoms with Gasteiger partial charge in [0.05, 0.1) is 30.1 Å². The Morgan fingerprint density at radius 1 is 0.406 bits per heavy atom. The predicted octanol–water partition coefficient (Wildman–Crippen LogP) is 6.31. The van der Waals surface area contributed by atoms with Gasteiger partial charge in [-0.05, 0) is 54.6 Å². The molecule has 0 unspecified atom stereocenters. The van der Waals surface area contributed by atoms with Crippen LogP contribution in [0.5, 0.6) is 0 Å². The normalized spacial score (nSPS) is 11.7. The molecule has 3 aromatic heterocycles.